The first kappa shape index (κ1) is 20.2. The van der Waals surface area contributed by atoms with E-state index in [0.29, 0.717) is 25.9 Å². The van der Waals surface area contributed by atoms with E-state index in [1.54, 1.807) is 0 Å². The van der Waals surface area contributed by atoms with Crippen LogP contribution in [0.4, 0.5) is 0 Å². The minimum absolute atomic E-state index is 0.119. The van der Waals surface area contributed by atoms with Gasteiger partial charge in [0.2, 0.25) is 5.91 Å². The molecule has 2 rings (SSSR count). The van der Waals surface area contributed by atoms with Gasteiger partial charge in [-0.15, -0.1) is 0 Å². The first-order valence-corrected chi connectivity index (χ1v) is 9.34. The molecule has 0 saturated carbocycles. The maximum Gasteiger partial charge on any atom is 0.308 e. The summed E-state index contributed by atoms with van der Waals surface area (Å²) in [6.45, 7) is 4.67. The molecular formula is C20H29NO5. The van der Waals surface area contributed by atoms with Gasteiger partial charge in [-0.1, -0.05) is 12.1 Å². The zero-order chi connectivity index (χ0) is 18.9. The molecule has 0 aromatic heterocycles. The minimum atomic E-state index is -0.910. The highest BCUT2D eigenvalue weighted by atomic mass is 16.5. The Morgan fingerprint density at radius 3 is 2.62 bits per heavy atom. The second kappa shape index (κ2) is 10.2. The average Bonchev–Trinajstić information content (AvgIpc) is 3.03. The molecule has 1 aromatic rings. The number of carboxylic acids is 1. The van der Waals surface area contributed by atoms with Crippen LogP contribution in [-0.2, 0) is 20.7 Å². The van der Waals surface area contributed by atoms with Gasteiger partial charge < -0.3 is 19.9 Å². The van der Waals surface area contributed by atoms with Crippen molar-refractivity contribution in [3.8, 4) is 5.75 Å². The molecule has 26 heavy (non-hydrogen) atoms. The molecule has 1 aromatic carbocycles. The number of carbonyl (C=O) groups is 2. The Balaban J connectivity index is 1.76. The monoisotopic (exact) mass is 363 g/mol. The lowest BCUT2D eigenvalue weighted by Crippen LogP contribution is -2.34. The van der Waals surface area contributed by atoms with E-state index < -0.39 is 11.9 Å². The van der Waals surface area contributed by atoms with Crippen LogP contribution in [0.3, 0.4) is 0 Å². The van der Waals surface area contributed by atoms with Crippen molar-refractivity contribution in [3.63, 3.8) is 0 Å². The van der Waals surface area contributed by atoms with E-state index >= 15 is 0 Å². The van der Waals surface area contributed by atoms with Crippen molar-refractivity contribution in [3.05, 3.63) is 29.8 Å². The average molecular weight is 363 g/mol. The second-order valence-electron chi connectivity index (χ2n) is 6.81. The van der Waals surface area contributed by atoms with Crippen LogP contribution in [0.2, 0.25) is 0 Å². The number of carboxylic acid groups (broad SMARTS) is 1. The standard InChI is InChI=1S/C20H29NO5/c1-3-25-17-8-5-15(6-9-17)12-16(20(23)24)13-21-19(22)11-10-18-7-4-14(2)26-18/h5-6,8-9,14,16,18H,3-4,7,10-13H2,1-2H3,(H,21,22)(H,23,24). The number of aliphatic carboxylic acids is 1. The van der Waals surface area contributed by atoms with Crippen LogP contribution in [0.5, 0.6) is 5.75 Å². The largest absolute Gasteiger partial charge is 0.494 e. The summed E-state index contributed by atoms with van der Waals surface area (Å²) in [5, 5.41) is 12.2. The van der Waals surface area contributed by atoms with Crippen LogP contribution in [0.15, 0.2) is 24.3 Å². The number of nitrogens with one attached hydrogen (secondary N) is 1. The SMILES string of the molecule is CCOc1ccc(CC(CNC(=O)CCC2CCC(C)O2)C(=O)O)cc1. The summed E-state index contributed by atoms with van der Waals surface area (Å²) in [7, 11) is 0. The molecule has 3 atom stereocenters. The van der Waals surface area contributed by atoms with Crippen molar-refractivity contribution in [1.29, 1.82) is 0 Å². The van der Waals surface area contributed by atoms with Gasteiger partial charge in [-0.05, 0) is 57.2 Å². The number of benzene rings is 1. The van der Waals surface area contributed by atoms with E-state index in [2.05, 4.69) is 5.32 Å². The van der Waals surface area contributed by atoms with Crippen LogP contribution >= 0.6 is 0 Å². The molecule has 6 nitrogen and oxygen atoms in total. The minimum Gasteiger partial charge on any atom is -0.494 e. The van der Waals surface area contributed by atoms with Gasteiger partial charge in [0.1, 0.15) is 5.75 Å². The fourth-order valence-electron chi connectivity index (χ4n) is 3.13. The van der Waals surface area contributed by atoms with Crippen molar-refractivity contribution >= 4 is 11.9 Å². The Bertz CT molecular complexity index is 586. The molecule has 2 N–H and O–H groups in total. The zero-order valence-corrected chi connectivity index (χ0v) is 15.6. The number of amides is 1. The number of hydrogen-bond acceptors (Lipinski definition) is 4. The van der Waals surface area contributed by atoms with E-state index in [-0.39, 0.29) is 24.7 Å². The van der Waals surface area contributed by atoms with Gasteiger partial charge in [0, 0.05) is 13.0 Å². The topological polar surface area (TPSA) is 84.9 Å². The fraction of sp³-hybridized carbons (Fsp3) is 0.600. The molecule has 1 fully saturated rings. The Hall–Kier alpha value is -2.08. The van der Waals surface area contributed by atoms with Gasteiger partial charge >= 0.3 is 5.97 Å². The first-order valence-electron chi connectivity index (χ1n) is 9.34. The molecular weight excluding hydrogens is 334 g/mol. The van der Waals surface area contributed by atoms with Crippen LogP contribution in [0, 0.1) is 5.92 Å². The first-order chi connectivity index (χ1) is 12.5. The fourth-order valence-corrected chi connectivity index (χ4v) is 3.13. The van der Waals surface area contributed by atoms with Crippen LogP contribution in [0.25, 0.3) is 0 Å². The molecule has 0 aliphatic carbocycles. The summed E-state index contributed by atoms with van der Waals surface area (Å²) in [5.74, 6) is -0.919. The molecule has 1 aliphatic heterocycles. The predicted molar refractivity (Wildman–Crippen MR) is 98.3 cm³/mol. The van der Waals surface area contributed by atoms with Gasteiger partial charge in [0.15, 0.2) is 0 Å². The van der Waals surface area contributed by atoms with Crippen LogP contribution in [-0.4, -0.2) is 42.3 Å². The lowest BCUT2D eigenvalue weighted by molar-refractivity contribution is -0.141. The lowest BCUT2D eigenvalue weighted by Gasteiger charge is -2.15. The molecule has 1 saturated heterocycles. The molecule has 1 amide bonds. The van der Waals surface area contributed by atoms with Gasteiger partial charge in [0.05, 0.1) is 24.7 Å². The van der Waals surface area contributed by atoms with E-state index in [1.807, 2.05) is 38.1 Å². The summed E-state index contributed by atoms with van der Waals surface area (Å²) >= 11 is 0. The van der Waals surface area contributed by atoms with Crippen molar-refractivity contribution in [2.75, 3.05) is 13.2 Å². The van der Waals surface area contributed by atoms with Crippen molar-refractivity contribution in [1.82, 2.24) is 5.32 Å². The highest BCUT2D eigenvalue weighted by Gasteiger charge is 2.23. The van der Waals surface area contributed by atoms with Crippen molar-refractivity contribution in [2.45, 2.75) is 58.2 Å². The molecule has 0 radical (unpaired) electrons. The summed E-state index contributed by atoms with van der Waals surface area (Å²) < 4.78 is 11.1. The zero-order valence-electron chi connectivity index (χ0n) is 15.6. The summed E-state index contributed by atoms with van der Waals surface area (Å²) in [5.41, 5.74) is 0.906. The maximum atomic E-state index is 12.0. The summed E-state index contributed by atoms with van der Waals surface area (Å²) in [4.78, 5) is 23.5. The number of hydrogen-bond donors (Lipinski definition) is 2. The molecule has 1 heterocycles. The number of ether oxygens (including phenoxy) is 2. The third-order valence-electron chi connectivity index (χ3n) is 4.62. The Morgan fingerprint density at radius 2 is 2.04 bits per heavy atom. The third-order valence-corrected chi connectivity index (χ3v) is 4.62. The highest BCUT2D eigenvalue weighted by molar-refractivity contribution is 5.77. The molecule has 0 bridgehead atoms. The Kier molecular flexibility index (Phi) is 7.91. The predicted octanol–water partition coefficient (Wildman–Crippen LogP) is 2.79. The van der Waals surface area contributed by atoms with Crippen molar-refractivity contribution < 1.29 is 24.2 Å². The van der Waals surface area contributed by atoms with Gasteiger partial charge in [0.25, 0.3) is 0 Å². The molecule has 6 heteroatoms. The van der Waals surface area contributed by atoms with E-state index in [1.165, 1.54) is 0 Å². The Labute approximate surface area is 154 Å². The highest BCUT2D eigenvalue weighted by Crippen LogP contribution is 2.22. The molecule has 144 valence electrons. The molecule has 3 unspecified atom stereocenters. The van der Waals surface area contributed by atoms with Gasteiger partial charge in [-0.25, -0.2) is 0 Å². The quantitative estimate of drug-likeness (QED) is 0.668. The summed E-state index contributed by atoms with van der Waals surface area (Å²) in [6, 6.07) is 7.39. The third kappa shape index (κ3) is 6.67. The van der Waals surface area contributed by atoms with Gasteiger partial charge in [-0.3, -0.25) is 9.59 Å². The Morgan fingerprint density at radius 1 is 1.31 bits per heavy atom. The van der Waals surface area contributed by atoms with Crippen molar-refractivity contribution in [2.24, 2.45) is 5.92 Å². The normalized spacial score (nSPS) is 20.5. The second-order valence-corrected chi connectivity index (χ2v) is 6.81. The lowest BCUT2D eigenvalue weighted by atomic mass is 9.99. The molecule has 0 spiro atoms. The van der Waals surface area contributed by atoms with Gasteiger partial charge in [-0.2, -0.15) is 0 Å². The smallest absolute Gasteiger partial charge is 0.308 e. The van der Waals surface area contributed by atoms with E-state index in [0.717, 1.165) is 24.2 Å². The van der Waals surface area contributed by atoms with Crippen LogP contribution < -0.4 is 10.1 Å². The number of rotatable bonds is 10. The van der Waals surface area contributed by atoms with Crippen LogP contribution in [0.1, 0.15) is 45.1 Å². The van der Waals surface area contributed by atoms with E-state index in [4.69, 9.17) is 9.47 Å². The molecule has 1 aliphatic rings. The number of carbonyl (C=O) groups excluding carboxylic acids is 1. The van der Waals surface area contributed by atoms with E-state index in [9.17, 15) is 14.7 Å². The summed E-state index contributed by atoms with van der Waals surface area (Å²) in [6.07, 6.45) is 3.87. The maximum absolute atomic E-state index is 12.0.